The van der Waals surface area contributed by atoms with Gasteiger partial charge in [-0.3, -0.25) is 0 Å². The molecule has 1 N–H and O–H groups in total. The summed E-state index contributed by atoms with van der Waals surface area (Å²) in [5, 5.41) is 9.34. The molecule has 80 valence electrons. The lowest BCUT2D eigenvalue weighted by Gasteiger charge is -2.05. The molecule has 2 rings (SSSR count). The molecule has 0 aromatic heterocycles. The molecular weight excluding hydrogens is 203 g/mol. The van der Waals surface area contributed by atoms with Gasteiger partial charge in [0.1, 0.15) is 11.6 Å². The molecule has 0 spiro atoms. The third-order valence-electron chi connectivity index (χ3n) is 2.26. The van der Waals surface area contributed by atoms with Gasteiger partial charge in [-0.1, -0.05) is 42.5 Å². The molecule has 16 heavy (non-hydrogen) atoms. The third-order valence-corrected chi connectivity index (χ3v) is 2.26. The Labute approximate surface area is 93.5 Å². The number of phenolic OH excluding ortho intramolecular Hbond substituents is 1. The molecule has 0 amide bonds. The molecule has 0 atom stereocenters. The van der Waals surface area contributed by atoms with Gasteiger partial charge in [0.25, 0.3) is 0 Å². The molecule has 0 saturated heterocycles. The van der Waals surface area contributed by atoms with Crippen molar-refractivity contribution >= 4 is 5.57 Å². The zero-order chi connectivity index (χ0) is 11.4. The van der Waals surface area contributed by atoms with Gasteiger partial charge in [-0.15, -0.1) is 0 Å². The first-order chi connectivity index (χ1) is 7.77. The van der Waals surface area contributed by atoms with E-state index >= 15 is 0 Å². The van der Waals surface area contributed by atoms with Crippen molar-refractivity contribution in [2.75, 3.05) is 0 Å². The Morgan fingerprint density at radius 3 is 2.56 bits per heavy atom. The summed E-state index contributed by atoms with van der Waals surface area (Å²) in [6.45, 7) is 0. The number of hydrogen-bond acceptors (Lipinski definition) is 1. The van der Waals surface area contributed by atoms with E-state index in [0.29, 0.717) is 5.56 Å². The molecule has 2 heteroatoms. The van der Waals surface area contributed by atoms with Crippen molar-refractivity contribution in [3.63, 3.8) is 0 Å². The Morgan fingerprint density at radius 1 is 0.938 bits per heavy atom. The van der Waals surface area contributed by atoms with Gasteiger partial charge in [0.15, 0.2) is 0 Å². The molecule has 1 aliphatic carbocycles. The van der Waals surface area contributed by atoms with Crippen LogP contribution in [0.3, 0.4) is 0 Å². The summed E-state index contributed by atoms with van der Waals surface area (Å²) in [7, 11) is 0. The van der Waals surface area contributed by atoms with Crippen molar-refractivity contribution < 1.29 is 9.50 Å². The van der Waals surface area contributed by atoms with Crippen molar-refractivity contribution in [3.8, 4) is 5.75 Å². The van der Waals surface area contributed by atoms with Gasteiger partial charge in [-0.05, 0) is 23.8 Å². The normalized spacial score (nSPS) is 23.7. The van der Waals surface area contributed by atoms with Crippen LogP contribution in [0.4, 0.5) is 4.39 Å². The van der Waals surface area contributed by atoms with E-state index in [1.807, 2.05) is 30.4 Å². The standard InChI is InChI=1S/C14H11FO/c15-14-9-8-12(16)10-13(14)11-6-4-2-1-3-5-7-11/h1-10,16H/b2-1-,3-1?,4-2?,5-3-,6-4-,7-5?,11-6?,11-7+. The summed E-state index contributed by atoms with van der Waals surface area (Å²) in [6, 6.07) is 4.02. The topological polar surface area (TPSA) is 20.2 Å². The lowest BCUT2D eigenvalue weighted by molar-refractivity contribution is 0.472. The summed E-state index contributed by atoms with van der Waals surface area (Å²) in [5.74, 6) is -0.279. The quantitative estimate of drug-likeness (QED) is 0.757. The van der Waals surface area contributed by atoms with Crippen LogP contribution in [0.15, 0.2) is 60.7 Å². The molecule has 1 aromatic rings. The van der Waals surface area contributed by atoms with Gasteiger partial charge in [-0.25, -0.2) is 4.39 Å². The van der Waals surface area contributed by atoms with Gasteiger partial charge in [0.2, 0.25) is 0 Å². The molecule has 0 aliphatic heterocycles. The first-order valence-electron chi connectivity index (χ1n) is 4.98. The Hall–Kier alpha value is -2.09. The monoisotopic (exact) mass is 214 g/mol. The molecule has 0 radical (unpaired) electrons. The van der Waals surface area contributed by atoms with E-state index in [9.17, 15) is 9.50 Å². The van der Waals surface area contributed by atoms with Gasteiger partial charge >= 0.3 is 0 Å². The first-order valence-corrected chi connectivity index (χ1v) is 4.98. The van der Waals surface area contributed by atoms with Crippen molar-refractivity contribution in [3.05, 3.63) is 72.1 Å². The average Bonchev–Trinajstić information content (AvgIpc) is 2.22. The number of rotatable bonds is 1. The predicted molar refractivity (Wildman–Crippen MR) is 63.5 cm³/mol. The second-order valence-corrected chi connectivity index (χ2v) is 3.42. The molecular formula is C14H11FO. The van der Waals surface area contributed by atoms with Crippen molar-refractivity contribution in [1.29, 1.82) is 0 Å². The van der Waals surface area contributed by atoms with E-state index in [1.54, 1.807) is 12.2 Å². The maximum Gasteiger partial charge on any atom is 0.131 e. The molecule has 1 aliphatic rings. The molecule has 0 bridgehead atoms. The van der Waals surface area contributed by atoms with E-state index in [1.165, 1.54) is 18.2 Å². The van der Waals surface area contributed by atoms with E-state index in [4.69, 9.17) is 0 Å². The minimum Gasteiger partial charge on any atom is -0.508 e. The number of halogens is 1. The van der Waals surface area contributed by atoms with Crippen LogP contribution in [0.5, 0.6) is 5.75 Å². The zero-order valence-electron chi connectivity index (χ0n) is 8.60. The highest BCUT2D eigenvalue weighted by atomic mass is 19.1. The van der Waals surface area contributed by atoms with E-state index in [2.05, 4.69) is 0 Å². The maximum atomic E-state index is 13.6. The summed E-state index contributed by atoms with van der Waals surface area (Å²) in [4.78, 5) is 0. The number of aromatic hydroxyl groups is 1. The fraction of sp³-hybridized carbons (Fsp3) is 0. The van der Waals surface area contributed by atoms with Crippen LogP contribution in [0.25, 0.3) is 5.57 Å². The molecule has 0 fully saturated rings. The summed E-state index contributed by atoms with van der Waals surface area (Å²) >= 11 is 0. The molecule has 1 nitrogen and oxygen atoms in total. The fourth-order valence-electron chi connectivity index (χ4n) is 1.48. The lowest BCUT2D eigenvalue weighted by Crippen LogP contribution is -1.87. The van der Waals surface area contributed by atoms with Crippen LogP contribution >= 0.6 is 0 Å². The van der Waals surface area contributed by atoms with Crippen LogP contribution in [0.1, 0.15) is 5.56 Å². The fourth-order valence-corrected chi connectivity index (χ4v) is 1.48. The number of allylic oxidation sites excluding steroid dienone is 8. The van der Waals surface area contributed by atoms with Crippen LogP contribution in [-0.2, 0) is 0 Å². The van der Waals surface area contributed by atoms with Crippen LogP contribution in [0, 0.1) is 5.82 Å². The largest absolute Gasteiger partial charge is 0.508 e. The van der Waals surface area contributed by atoms with Gasteiger partial charge in [0.05, 0.1) is 0 Å². The third kappa shape index (κ3) is 2.28. The molecule has 0 unspecified atom stereocenters. The highest BCUT2D eigenvalue weighted by Crippen LogP contribution is 2.24. The second kappa shape index (κ2) is 4.62. The van der Waals surface area contributed by atoms with Crippen molar-refractivity contribution in [2.45, 2.75) is 0 Å². The minimum atomic E-state index is -0.341. The van der Waals surface area contributed by atoms with Crippen molar-refractivity contribution in [1.82, 2.24) is 0 Å². The highest BCUT2D eigenvalue weighted by Gasteiger charge is 2.06. The Morgan fingerprint density at radius 2 is 1.69 bits per heavy atom. The minimum absolute atomic E-state index is 0.0623. The summed E-state index contributed by atoms with van der Waals surface area (Å²) in [5.41, 5.74) is 1.13. The first kappa shape index (κ1) is 10.4. The van der Waals surface area contributed by atoms with Crippen LogP contribution in [0.2, 0.25) is 0 Å². The van der Waals surface area contributed by atoms with Crippen molar-refractivity contribution in [2.24, 2.45) is 0 Å². The SMILES string of the molecule is Oc1ccc(F)c(C2=C/C=C\C=C/C=C\2)c1. The smallest absolute Gasteiger partial charge is 0.131 e. The lowest BCUT2D eigenvalue weighted by atomic mass is 10.0. The maximum absolute atomic E-state index is 13.6. The zero-order valence-corrected chi connectivity index (χ0v) is 8.60. The van der Waals surface area contributed by atoms with E-state index in [0.717, 1.165) is 5.57 Å². The average molecular weight is 214 g/mol. The second-order valence-electron chi connectivity index (χ2n) is 3.42. The number of hydrogen-bond donors (Lipinski definition) is 1. The molecule has 1 aromatic carbocycles. The van der Waals surface area contributed by atoms with Gasteiger partial charge in [0, 0.05) is 5.56 Å². The van der Waals surface area contributed by atoms with E-state index < -0.39 is 0 Å². The predicted octanol–water partition coefficient (Wildman–Crippen LogP) is 3.60. The summed E-state index contributed by atoms with van der Waals surface area (Å²) < 4.78 is 13.6. The summed E-state index contributed by atoms with van der Waals surface area (Å²) in [6.07, 6.45) is 12.9. The molecule has 0 heterocycles. The van der Waals surface area contributed by atoms with Crippen LogP contribution < -0.4 is 0 Å². The Kier molecular flexibility index (Phi) is 3.01. The number of benzene rings is 1. The molecule has 0 saturated carbocycles. The Balaban J connectivity index is 2.47. The van der Waals surface area contributed by atoms with Gasteiger partial charge < -0.3 is 5.11 Å². The Bertz CT molecular complexity index is 507. The van der Waals surface area contributed by atoms with Gasteiger partial charge in [-0.2, -0.15) is 0 Å². The van der Waals surface area contributed by atoms with E-state index in [-0.39, 0.29) is 11.6 Å². The highest BCUT2D eigenvalue weighted by molar-refractivity contribution is 5.76. The van der Waals surface area contributed by atoms with Crippen LogP contribution in [-0.4, -0.2) is 5.11 Å². The number of phenols is 1.